The van der Waals surface area contributed by atoms with E-state index in [0.717, 1.165) is 31.7 Å². The summed E-state index contributed by atoms with van der Waals surface area (Å²) in [6, 6.07) is 4.05. The van der Waals surface area contributed by atoms with Gasteiger partial charge in [0.1, 0.15) is 6.04 Å². The number of rotatable bonds is 6. The van der Waals surface area contributed by atoms with E-state index in [1.54, 1.807) is 37.7 Å². The van der Waals surface area contributed by atoms with Gasteiger partial charge >= 0.3 is 10.8 Å². The Morgan fingerprint density at radius 2 is 1.89 bits per heavy atom. The van der Waals surface area contributed by atoms with Gasteiger partial charge in [-0.05, 0) is 54.7 Å². The van der Waals surface area contributed by atoms with Crippen molar-refractivity contribution in [1.82, 2.24) is 9.88 Å². The van der Waals surface area contributed by atoms with Crippen molar-refractivity contribution in [2.75, 3.05) is 6.61 Å². The minimum atomic E-state index is -1.18. The number of fused-ring (bicyclic) bond motifs is 9. The van der Waals surface area contributed by atoms with Crippen molar-refractivity contribution in [2.24, 2.45) is 35.5 Å². The standard InChI is InChI=1S/C26H28N2O7S2/c1-4-35-14-7-10(5-6-13(14)29)15-16-11-8-12(20(16)36-22-21(15)37-26(34)27-22)18-17(11)23(30)28(24(18)31)19(9(2)3)25(32)33/h5-7,9,11-12,15-20,29H,4,8H2,1-3H3,(H,27,34)(H,32,33)/t11-,12+,15+,16+,17+,18+,19+,20-/m1/s1. The van der Waals surface area contributed by atoms with Crippen LogP contribution in [0.15, 0.2) is 28.0 Å². The van der Waals surface area contributed by atoms with Crippen LogP contribution in [-0.2, 0) is 14.4 Å². The number of imide groups is 1. The van der Waals surface area contributed by atoms with Gasteiger partial charge in [0.2, 0.25) is 11.8 Å². The number of aromatic hydroxyl groups is 1. The topological polar surface area (TPSA) is 137 Å². The summed E-state index contributed by atoms with van der Waals surface area (Å²) in [7, 11) is 0. The number of likely N-dealkylation sites (tertiary alicyclic amines) is 1. The van der Waals surface area contributed by atoms with Gasteiger partial charge in [0.25, 0.3) is 0 Å². The summed E-state index contributed by atoms with van der Waals surface area (Å²) in [5.74, 6) is -3.44. The molecule has 8 atom stereocenters. The number of carbonyl (C=O) groups excluding carboxylic acids is 2. The van der Waals surface area contributed by atoms with E-state index in [1.807, 2.05) is 13.0 Å². The molecule has 1 saturated heterocycles. The van der Waals surface area contributed by atoms with E-state index in [-0.39, 0.29) is 51.4 Å². The number of aromatic nitrogens is 1. The maximum Gasteiger partial charge on any atom is 0.327 e. The number of thiazole rings is 1. The van der Waals surface area contributed by atoms with Crippen LogP contribution in [0.2, 0.25) is 0 Å². The number of hydrogen-bond donors (Lipinski definition) is 3. The molecule has 37 heavy (non-hydrogen) atoms. The van der Waals surface area contributed by atoms with E-state index >= 15 is 0 Å². The number of carboxylic acids is 1. The average Bonchev–Trinajstić information content (AvgIpc) is 3.56. The van der Waals surface area contributed by atoms with Crippen LogP contribution in [0.4, 0.5) is 0 Å². The monoisotopic (exact) mass is 544 g/mol. The Morgan fingerprint density at radius 3 is 2.54 bits per heavy atom. The molecule has 3 fully saturated rings. The first-order chi connectivity index (χ1) is 17.6. The molecule has 0 spiro atoms. The van der Waals surface area contributed by atoms with E-state index in [1.165, 1.54) is 0 Å². The molecule has 6 rings (SSSR count). The fourth-order valence-electron chi connectivity index (χ4n) is 7.38. The molecule has 9 nitrogen and oxygen atoms in total. The number of amides is 2. The molecule has 196 valence electrons. The second kappa shape index (κ2) is 8.62. The lowest BCUT2D eigenvalue weighted by Gasteiger charge is -2.43. The van der Waals surface area contributed by atoms with Gasteiger partial charge in [0.15, 0.2) is 11.5 Å². The lowest BCUT2D eigenvalue weighted by molar-refractivity contribution is -0.157. The van der Waals surface area contributed by atoms with Crippen molar-refractivity contribution in [3.8, 4) is 11.5 Å². The lowest BCUT2D eigenvalue weighted by Crippen LogP contribution is -2.49. The van der Waals surface area contributed by atoms with E-state index in [0.29, 0.717) is 18.8 Å². The number of thioether (sulfide) groups is 1. The average molecular weight is 545 g/mol. The number of nitrogens with zero attached hydrogens (tertiary/aromatic N) is 1. The third kappa shape index (κ3) is 3.42. The molecular weight excluding hydrogens is 516 g/mol. The first-order valence-electron chi connectivity index (χ1n) is 12.6. The summed E-state index contributed by atoms with van der Waals surface area (Å²) in [5, 5.41) is 20.9. The highest BCUT2D eigenvalue weighted by Gasteiger charge is 2.70. The van der Waals surface area contributed by atoms with Crippen molar-refractivity contribution in [3.63, 3.8) is 0 Å². The Hall–Kier alpha value is -2.79. The van der Waals surface area contributed by atoms with E-state index in [9.17, 15) is 29.4 Å². The Labute approximate surface area is 221 Å². The van der Waals surface area contributed by atoms with Crippen LogP contribution in [-0.4, -0.2) is 55.8 Å². The number of phenolic OH excluding ortho intramolecular Hbond substituents is 1. The molecule has 2 saturated carbocycles. The van der Waals surface area contributed by atoms with E-state index < -0.39 is 29.8 Å². The zero-order valence-electron chi connectivity index (χ0n) is 20.5. The van der Waals surface area contributed by atoms with Crippen LogP contribution >= 0.6 is 23.1 Å². The van der Waals surface area contributed by atoms with Crippen LogP contribution in [0.3, 0.4) is 0 Å². The fourth-order valence-corrected chi connectivity index (χ4v) is 10.3. The van der Waals surface area contributed by atoms with Gasteiger partial charge in [-0.3, -0.25) is 19.3 Å². The van der Waals surface area contributed by atoms with Crippen LogP contribution in [0.25, 0.3) is 0 Å². The van der Waals surface area contributed by atoms with Crippen molar-refractivity contribution in [2.45, 2.75) is 49.4 Å². The second-order valence-corrected chi connectivity index (χ2v) is 12.9. The molecule has 3 heterocycles. The number of phenols is 1. The number of benzene rings is 1. The van der Waals surface area contributed by atoms with Gasteiger partial charge in [0.05, 0.1) is 23.5 Å². The third-order valence-electron chi connectivity index (χ3n) is 8.56. The summed E-state index contributed by atoms with van der Waals surface area (Å²) in [6.45, 7) is 5.64. The minimum Gasteiger partial charge on any atom is -0.504 e. The fraction of sp³-hybridized carbons (Fsp3) is 0.538. The molecule has 11 heteroatoms. The Kier molecular flexibility index (Phi) is 5.72. The number of H-pyrrole nitrogens is 1. The molecule has 0 unspecified atom stereocenters. The van der Waals surface area contributed by atoms with Crippen LogP contribution in [0, 0.1) is 35.5 Å². The van der Waals surface area contributed by atoms with Gasteiger partial charge in [-0.25, -0.2) is 4.79 Å². The summed E-state index contributed by atoms with van der Waals surface area (Å²) in [4.78, 5) is 56.5. The maximum absolute atomic E-state index is 13.7. The predicted octanol–water partition coefficient (Wildman–Crippen LogP) is 3.12. The molecule has 2 bridgehead atoms. The molecule has 0 radical (unpaired) electrons. The molecule has 3 N–H and O–H groups in total. The van der Waals surface area contributed by atoms with Crippen molar-refractivity contribution in [3.05, 3.63) is 38.3 Å². The largest absolute Gasteiger partial charge is 0.504 e. The van der Waals surface area contributed by atoms with Crippen molar-refractivity contribution in [1.29, 1.82) is 0 Å². The highest BCUT2D eigenvalue weighted by molar-refractivity contribution is 8.00. The number of aliphatic carboxylic acids is 1. The molecular formula is C26H28N2O7S2. The quantitative estimate of drug-likeness (QED) is 0.472. The molecule has 2 aliphatic carbocycles. The summed E-state index contributed by atoms with van der Waals surface area (Å²) < 4.78 is 5.64. The van der Waals surface area contributed by atoms with Crippen molar-refractivity contribution >= 4 is 40.9 Å². The number of aromatic amines is 1. The SMILES string of the molecule is CCOc1cc([C@@H]2c3sc(=O)[nH]c3S[C@@H]3[C@H]4C[C@@H]([C@@H]5C(=O)N([C@H](C(=O)O)C(C)C)C(=O)[C@@H]45)[C@@H]23)ccc1O. The molecule has 1 aromatic carbocycles. The number of carboxylic acid groups (broad SMARTS) is 1. The number of carbonyl (C=O) groups is 3. The zero-order chi connectivity index (χ0) is 26.3. The first-order valence-corrected chi connectivity index (χ1v) is 14.3. The van der Waals surface area contributed by atoms with Crippen LogP contribution in [0.5, 0.6) is 11.5 Å². The van der Waals surface area contributed by atoms with Gasteiger partial charge in [0, 0.05) is 16.0 Å². The Balaban J connectivity index is 1.44. The number of ether oxygens (including phenoxy) is 1. The highest BCUT2D eigenvalue weighted by Crippen LogP contribution is 2.68. The molecule has 2 amide bonds. The smallest absolute Gasteiger partial charge is 0.327 e. The second-order valence-electron chi connectivity index (χ2n) is 10.7. The summed E-state index contributed by atoms with van der Waals surface area (Å²) >= 11 is 2.74. The first kappa shape index (κ1) is 24.5. The normalized spacial score (nSPS) is 32.4. The van der Waals surface area contributed by atoms with Crippen molar-refractivity contribution < 1.29 is 29.3 Å². The summed E-state index contributed by atoms with van der Waals surface area (Å²) in [6.07, 6.45) is 0.717. The molecule has 1 aromatic heterocycles. The van der Waals surface area contributed by atoms with Gasteiger partial charge in [-0.1, -0.05) is 31.3 Å². The predicted molar refractivity (Wildman–Crippen MR) is 136 cm³/mol. The van der Waals surface area contributed by atoms with Crippen LogP contribution < -0.4 is 9.61 Å². The van der Waals surface area contributed by atoms with Gasteiger partial charge in [-0.2, -0.15) is 0 Å². The van der Waals surface area contributed by atoms with Gasteiger partial charge < -0.3 is 19.9 Å². The summed E-state index contributed by atoms with van der Waals surface area (Å²) in [5.41, 5.74) is 0.886. The molecule has 4 aliphatic rings. The molecule has 2 aromatic rings. The third-order valence-corrected chi connectivity index (χ3v) is 11.2. The highest BCUT2D eigenvalue weighted by atomic mass is 32.2. The van der Waals surface area contributed by atoms with E-state index in [4.69, 9.17) is 4.74 Å². The van der Waals surface area contributed by atoms with Crippen LogP contribution in [0.1, 0.15) is 43.6 Å². The Morgan fingerprint density at radius 1 is 1.19 bits per heavy atom. The number of nitrogens with one attached hydrogen (secondary N) is 1. The Bertz CT molecular complexity index is 1370. The molecule has 2 aliphatic heterocycles. The van der Waals surface area contributed by atoms with E-state index in [2.05, 4.69) is 4.98 Å². The minimum absolute atomic E-state index is 0.00243. The number of hydrogen-bond acceptors (Lipinski definition) is 8. The van der Waals surface area contributed by atoms with Gasteiger partial charge in [-0.15, -0.1) is 11.8 Å². The lowest BCUT2D eigenvalue weighted by atomic mass is 9.68. The maximum atomic E-state index is 13.7. The zero-order valence-corrected chi connectivity index (χ0v) is 22.2.